The fourth-order valence-electron chi connectivity index (χ4n) is 1.96. The molecule has 3 heterocycles. The molecular weight excluding hydrogens is 256 g/mol. The minimum Gasteiger partial charge on any atom is -0.466 e. The fourth-order valence-corrected chi connectivity index (χ4v) is 1.96. The largest absolute Gasteiger partial charge is 0.466 e. The molecule has 1 N–H and O–H groups in total. The number of carbonyl (C=O) groups excluding carboxylic acids is 1. The third-order valence-corrected chi connectivity index (χ3v) is 2.90. The summed E-state index contributed by atoms with van der Waals surface area (Å²) in [6, 6.07) is 7.89. The molecule has 0 aliphatic carbocycles. The second-order valence-electron chi connectivity index (χ2n) is 4.13. The number of nitriles is 1. The number of aromatic nitrogens is 2. The Labute approximate surface area is 114 Å². The maximum absolute atomic E-state index is 12.3. The first-order chi connectivity index (χ1) is 9.79. The predicted octanol–water partition coefficient (Wildman–Crippen LogP) is 1.92. The van der Waals surface area contributed by atoms with Gasteiger partial charge in [-0.05, 0) is 24.3 Å². The van der Waals surface area contributed by atoms with Crippen molar-refractivity contribution >= 4 is 11.6 Å². The highest BCUT2D eigenvalue weighted by atomic mass is 16.3. The van der Waals surface area contributed by atoms with Gasteiger partial charge in [0.05, 0.1) is 17.9 Å². The monoisotopic (exact) mass is 266 g/mol. The van der Waals surface area contributed by atoms with Gasteiger partial charge in [0, 0.05) is 18.6 Å². The van der Waals surface area contributed by atoms with Gasteiger partial charge in [-0.3, -0.25) is 4.79 Å². The van der Waals surface area contributed by atoms with E-state index in [2.05, 4.69) is 10.3 Å². The first-order valence-electron chi connectivity index (χ1n) is 5.95. The molecule has 6 nitrogen and oxygen atoms in total. The maximum Gasteiger partial charge on any atom is 0.256 e. The topological polar surface area (TPSA) is 83.3 Å². The van der Waals surface area contributed by atoms with Crippen LogP contribution in [0.25, 0.3) is 5.65 Å². The standard InChI is InChI=1S/C14H10N4O2/c15-9-11(12-4-2-8-20-12)17-14(19)10-3-1-6-18-7-5-16-13(10)18/h1-8,11H,(H,17,19). The summed E-state index contributed by atoms with van der Waals surface area (Å²) in [5.74, 6) is 0.0286. The molecular formula is C14H10N4O2. The molecule has 98 valence electrons. The van der Waals surface area contributed by atoms with Crippen LogP contribution in [0.2, 0.25) is 0 Å². The van der Waals surface area contributed by atoms with Crippen molar-refractivity contribution in [1.29, 1.82) is 5.26 Å². The van der Waals surface area contributed by atoms with Crippen molar-refractivity contribution < 1.29 is 9.21 Å². The van der Waals surface area contributed by atoms with Crippen molar-refractivity contribution in [1.82, 2.24) is 14.7 Å². The normalized spacial score (nSPS) is 11.9. The van der Waals surface area contributed by atoms with Crippen molar-refractivity contribution in [2.75, 3.05) is 0 Å². The molecule has 0 aliphatic heterocycles. The molecule has 0 aromatic carbocycles. The number of furan rings is 1. The summed E-state index contributed by atoms with van der Waals surface area (Å²) in [7, 11) is 0. The van der Waals surface area contributed by atoms with Crippen LogP contribution in [-0.4, -0.2) is 15.3 Å². The van der Waals surface area contributed by atoms with Gasteiger partial charge in [0.15, 0.2) is 6.04 Å². The Morgan fingerprint density at radius 1 is 1.40 bits per heavy atom. The summed E-state index contributed by atoms with van der Waals surface area (Å²) < 4.78 is 6.88. The quantitative estimate of drug-likeness (QED) is 0.785. The van der Waals surface area contributed by atoms with Gasteiger partial charge in [-0.1, -0.05) is 0 Å². The van der Waals surface area contributed by atoms with Crippen LogP contribution in [-0.2, 0) is 0 Å². The van der Waals surface area contributed by atoms with E-state index in [-0.39, 0.29) is 5.91 Å². The van der Waals surface area contributed by atoms with E-state index < -0.39 is 6.04 Å². The number of carbonyl (C=O) groups is 1. The maximum atomic E-state index is 12.3. The molecule has 1 amide bonds. The van der Waals surface area contributed by atoms with E-state index in [1.807, 2.05) is 6.07 Å². The van der Waals surface area contributed by atoms with Crippen molar-refractivity contribution in [3.8, 4) is 6.07 Å². The van der Waals surface area contributed by atoms with Crippen LogP contribution in [0.1, 0.15) is 22.2 Å². The van der Waals surface area contributed by atoms with Crippen LogP contribution in [0.4, 0.5) is 0 Å². The molecule has 0 saturated heterocycles. The molecule has 1 unspecified atom stereocenters. The molecule has 0 spiro atoms. The highest BCUT2D eigenvalue weighted by Crippen LogP contribution is 2.15. The summed E-state index contributed by atoms with van der Waals surface area (Å²) in [5, 5.41) is 11.7. The lowest BCUT2D eigenvalue weighted by Gasteiger charge is -2.09. The molecule has 1 atom stereocenters. The van der Waals surface area contributed by atoms with E-state index in [1.54, 1.807) is 47.3 Å². The number of hydrogen-bond donors (Lipinski definition) is 1. The van der Waals surface area contributed by atoms with Crippen LogP contribution < -0.4 is 5.32 Å². The minimum atomic E-state index is -0.826. The van der Waals surface area contributed by atoms with Crippen LogP contribution in [0.15, 0.2) is 53.5 Å². The first kappa shape index (κ1) is 12.0. The van der Waals surface area contributed by atoms with Gasteiger partial charge >= 0.3 is 0 Å². The lowest BCUT2D eigenvalue weighted by atomic mass is 10.2. The van der Waals surface area contributed by atoms with Gasteiger partial charge in [-0.15, -0.1) is 0 Å². The molecule has 0 fully saturated rings. The van der Waals surface area contributed by atoms with Crippen LogP contribution in [0.5, 0.6) is 0 Å². The van der Waals surface area contributed by atoms with E-state index in [4.69, 9.17) is 9.68 Å². The van der Waals surface area contributed by atoms with Crippen LogP contribution in [0, 0.1) is 11.3 Å². The molecule has 0 radical (unpaired) electrons. The average molecular weight is 266 g/mol. The molecule has 0 bridgehead atoms. The molecule has 3 aromatic rings. The van der Waals surface area contributed by atoms with Crippen molar-refractivity contribution in [3.63, 3.8) is 0 Å². The Morgan fingerprint density at radius 3 is 3.05 bits per heavy atom. The van der Waals surface area contributed by atoms with Crippen LogP contribution >= 0.6 is 0 Å². The van der Waals surface area contributed by atoms with Gasteiger partial charge < -0.3 is 14.1 Å². The Bertz CT molecular complexity index is 783. The predicted molar refractivity (Wildman–Crippen MR) is 69.7 cm³/mol. The van der Waals surface area contributed by atoms with Gasteiger partial charge in [0.1, 0.15) is 11.4 Å². The fraction of sp³-hybridized carbons (Fsp3) is 0.0714. The molecule has 3 rings (SSSR count). The number of rotatable bonds is 3. The Balaban J connectivity index is 1.90. The summed E-state index contributed by atoms with van der Waals surface area (Å²) in [6.07, 6.45) is 6.62. The highest BCUT2D eigenvalue weighted by Gasteiger charge is 2.19. The zero-order valence-corrected chi connectivity index (χ0v) is 10.4. The van der Waals surface area contributed by atoms with Gasteiger partial charge in [-0.25, -0.2) is 4.98 Å². The molecule has 3 aromatic heterocycles. The zero-order chi connectivity index (χ0) is 13.9. The zero-order valence-electron chi connectivity index (χ0n) is 10.4. The lowest BCUT2D eigenvalue weighted by molar-refractivity contribution is 0.0942. The second-order valence-corrected chi connectivity index (χ2v) is 4.13. The second kappa shape index (κ2) is 4.90. The smallest absolute Gasteiger partial charge is 0.256 e. The van der Waals surface area contributed by atoms with E-state index in [1.165, 1.54) is 6.26 Å². The third-order valence-electron chi connectivity index (χ3n) is 2.90. The van der Waals surface area contributed by atoms with Crippen LogP contribution in [0.3, 0.4) is 0 Å². The third kappa shape index (κ3) is 2.01. The molecule has 6 heteroatoms. The van der Waals surface area contributed by atoms with E-state index in [0.29, 0.717) is 17.0 Å². The Morgan fingerprint density at radius 2 is 2.30 bits per heavy atom. The van der Waals surface area contributed by atoms with Crippen molar-refractivity contribution in [3.05, 3.63) is 60.4 Å². The number of fused-ring (bicyclic) bond motifs is 1. The highest BCUT2D eigenvalue weighted by molar-refractivity contribution is 6.00. The summed E-state index contributed by atoms with van der Waals surface area (Å²) in [5.41, 5.74) is 0.949. The van der Waals surface area contributed by atoms with E-state index in [0.717, 1.165) is 0 Å². The summed E-state index contributed by atoms with van der Waals surface area (Å²) in [6.45, 7) is 0. The minimum absolute atomic E-state index is 0.371. The van der Waals surface area contributed by atoms with Gasteiger partial charge in [-0.2, -0.15) is 5.26 Å². The van der Waals surface area contributed by atoms with Gasteiger partial charge in [0.25, 0.3) is 5.91 Å². The Hall–Kier alpha value is -3.07. The molecule has 0 aliphatic rings. The Kier molecular flexibility index (Phi) is 2.94. The first-order valence-corrected chi connectivity index (χ1v) is 5.95. The van der Waals surface area contributed by atoms with E-state index >= 15 is 0 Å². The van der Waals surface area contributed by atoms with Crippen molar-refractivity contribution in [2.45, 2.75) is 6.04 Å². The number of pyridine rings is 1. The van der Waals surface area contributed by atoms with E-state index in [9.17, 15) is 4.79 Å². The lowest BCUT2D eigenvalue weighted by Crippen LogP contribution is -2.27. The number of imidazole rings is 1. The summed E-state index contributed by atoms with van der Waals surface area (Å²) >= 11 is 0. The summed E-state index contributed by atoms with van der Waals surface area (Å²) in [4.78, 5) is 16.4. The number of nitrogens with zero attached hydrogens (tertiary/aromatic N) is 3. The molecule has 20 heavy (non-hydrogen) atoms. The van der Waals surface area contributed by atoms with Crippen molar-refractivity contribution in [2.24, 2.45) is 0 Å². The van der Waals surface area contributed by atoms with Gasteiger partial charge in [0.2, 0.25) is 0 Å². The number of nitrogens with one attached hydrogen (secondary N) is 1. The molecule has 0 saturated carbocycles. The SMILES string of the molecule is N#CC(NC(=O)c1cccn2ccnc12)c1ccco1. The average Bonchev–Trinajstić information content (AvgIpc) is 3.14. The number of hydrogen-bond acceptors (Lipinski definition) is 4. The number of amides is 1.